The first kappa shape index (κ1) is 10.6. The van der Waals surface area contributed by atoms with Gasteiger partial charge in [-0.1, -0.05) is 0 Å². The number of aldehydes is 1. The summed E-state index contributed by atoms with van der Waals surface area (Å²) in [6.07, 6.45) is 2.31. The molecule has 0 saturated heterocycles. The van der Waals surface area contributed by atoms with Crippen molar-refractivity contribution in [3.05, 3.63) is 17.8 Å². The molecular formula is C11H13N3O2. The summed E-state index contributed by atoms with van der Waals surface area (Å²) in [6, 6.07) is 2.13. The number of carbonyl (C=O) groups is 1. The van der Waals surface area contributed by atoms with E-state index in [1.165, 1.54) is 0 Å². The molecule has 2 rings (SSSR count). The lowest BCUT2D eigenvalue weighted by Crippen LogP contribution is -2.21. The molecule has 2 aromatic rings. The molecule has 0 aliphatic carbocycles. The van der Waals surface area contributed by atoms with Crippen LogP contribution in [0.4, 0.5) is 6.01 Å². The number of carbonyl (C=O) groups excluding carboxylic acids is 1. The Morgan fingerprint density at radius 2 is 2.19 bits per heavy atom. The van der Waals surface area contributed by atoms with Gasteiger partial charge in [0.15, 0.2) is 11.9 Å². The predicted molar refractivity (Wildman–Crippen MR) is 60.8 cm³/mol. The fourth-order valence-corrected chi connectivity index (χ4v) is 1.56. The first-order chi connectivity index (χ1) is 7.80. The van der Waals surface area contributed by atoms with Crippen molar-refractivity contribution in [3.63, 3.8) is 0 Å². The normalized spacial score (nSPS) is 10.6. The van der Waals surface area contributed by atoms with Crippen LogP contribution in [0.15, 0.2) is 16.7 Å². The van der Waals surface area contributed by atoms with Gasteiger partial charge >= 0.3 is 0 Å². The number of nitrogens with zero attached hydrogens (tertiary/aromatic N) is 3. The Balaban J connectivity index is 2.54. The van der Waals surface area contributed by atoms with E-state index in [-0.39, 0.29) is 0 Å². The Hall–Kier alpha value is -1.91. The van der Waals surface area contributed by atoms with E-state index in [4.69, 9.17) is 4.42 Å². The summed E-state index contributed by atoms with van der Waals surface area (Å²) in [5.41, 5.74) is 1.42. The zero-order valence-corrected chi connectivity index (χ0v) is 9.30. The Morgan fingerprint density at radius 3 is 2.81 bits per heavy atom. The molecule has 0 atom stereocenters. The van der Waals surface area contributed by atoms with Crippen LogP contribution in [0.25, 0.3) is 11.2 Å². The van der Waals surface area contributed by atoms with Gasteiger partial charge in [0.25, 0.3) is 6.01 Å². The Labute approximate surface area is 93.1 Å². The van der Waals surface area contributed by atoms with Crippen LogP contribution in [0.2, 0.25) is 0 Å². The van der Waals surface area contributed by atoms with Crippen molar-refractivity contribution < 1.29 is 9.21 Å². The van der Waals surface area contributed by atoms with Crippen molar-refractivity contribution in [1.82, 2.24) is 9.97 Å². The number of rotatable bonds is 4. The minimum atomic E-state index is 0.458. The second-order valence-electron chi connectivity index (χ2n) is 3.34. The van der Waals surface area contributed by atoms with Gasteiger partial charge in [0, 0.05) is 19.3 Å². The molecule has 2 heterocycles. The first-order valence-corrected chi connectivity index (χ1v) is 5.25. The summed E-state index contributed by atoms with van der Waals surface area (Å²) in [4.78, 5) is 21.1. The van der Waals surface area contributed by atoms with E-state index in [0.29, 0.717) is 22.8 Å². The molecule has 5 nitrogen and oxygen atoms in total. The van der Waals surface area contributed by atoms with Crippen LogP contribution in [-0.2, 0) is 0 Å². The number of anilines is 1. The van der Waals surface area contributed by atoms with Crippen LogP contribution >= 0.6 is 0 Å². The Kier molecular flexibility index (Phi) is 2.85. The van der Waals surface area contributed by atoms with Crippen LogP contribution in [0, 0.1) is 0 Å². The fourth-order valence-electron chi connectivity index (χ4n) is 1.56. The van der Waals surface area contributed by atoms with Gasteiger partial charge in [0.1, 0.15) is 0 Å². The maximum atomic E-state index is 10.8. The number of aromatic nitrogens is 2. The SMILES string of the molecule is CCN(CC)c1nc2nccc(C=O)c2o1. The van der Waals surface area contributed by atoms with Gasteiger partial charge in [-0.2, -0.15) is 4.98 Å². The minimum Gasteiger partial charge on any atom is -0.421 e. The maximum Gasteiger partial charge on any atom is 0.299 e. The highest BCUT2D eigenvalue weighted by Crippen LogP contribution is 2.22. The monoisotopic (exact) mass is 219 g/mol. The van der Waals surface area contributed by atoms with Crippen LogP contribution in [0.1, 0.15) is 24.2 Å². The van der Waals surface area contributed by atoms with E-state index in [1.54, 1.807) is 12.3 Å². The molecule has 0 spiro atoms. The summed E-state index contributed by atoms with van der Waals surface area (Å²) in [6.45, 7) is 5.65. The molecule has 0 saturated carbocycles. The standard InChI is InChI=1S/C11H13N3O2/c1-3-14(4-2)11-13-10-9(16-11)8(7-15)5-6-12-10/h5-7H,3-4H2,1-2H3. The highest BCUT2D eigenvalue weighted by molar-refractivity contribution is 5.91. The van der Waals surface area contributed by atoms with Gasteiger partial charge in [0.2, 0.25) is 5.65 Å². The molecule has 0 radical (unpaired) electrons. The van der Waals surface area contributed by atoms with Gasteiger partial charge in [-0.05, 0) is 19.9 Å². The van der Waals surface area contributed by atoms with Crippen molar-refractivity contribution >= 4 is 23.5 Å². The third-order valence-electron chi connectivity index (χ3n) is 2.47. The summed E-state index contributed by atoms with van der Waals surface area (Å²) < 4.78 is 5.56. The minimum absolute atomic E-state index is 0.458. The van der Waals surface area contributed by atoms with Gasteiger partial charge in [-0.25, -0.2) is 4.98 Å². The zero-order valence-electron chi connectivity index (χ0n) is 9.30. The van der Waals surface area contributed by atoms with Crippen molar-refractivity contribution in [2.24, 2.45) is 0 Å². The smallest absolute Gasteiger partial charge is 0.299 e. The van der Waals surface area contributed by atoms with E-state index < -0.39 is 0 Å². The molecule has 16 heavy (non-hydrogen) atoms. The maximum absolute atomic E-state index is 10.8. The average molecular weight is 219 g/mol. The predicted octanol–water partition coefficient (Wildman–Crippen LogP) is 1.88. The second-order valence-corrected chi connectivity index (χ2v) is 3.34. The third kappa shape index (κ3) is 1.64. The second kappa shape index (κ2) is 4.30. The molecule has 0 fully saturated rings. The van der Waals surface area contributed by atoms with Gasteiger partial charge in [0.05, 0.1) is 5.56 Å². The largest absolute Gasteiger partial charge is 0.421 e. The fraction of sp³-hybridized carbons (Fsp3) is 0.364. The molecule has 0 amide bonds. The number of oxazole rings is 1. The van der Waals surface area contributed by atoms with Gasteiger partial charge in [-0.15, -0.1) is 0 Å². The van der Waals surface area contributed by atoms with E-state index in [9.17, 15) is 4.79 Å². The van der Waals surface area contributed by atoms with E-state index in [2.05, 4.69) is 9.97 Å². The summed E-state index contributed by atoms with van der Waals surface area (Å²) in [5, 5.41) is 0. The summed E-state index contributed by atoms with van der Waals surface area (Å²) >= 11 is 0. The van der Waals surface area contributed by atoms with Crippen molar-refractivity contribution in [2.45, 2.75) is 13.8 Å². The number of pyridine rings is 1. The molecule has 0 aliphatic rings. The summed E-state index contributed by atoms with van der Waals surface area (Å²) in [7, 11) is 0. The van der Waals surface area contributed by atoms with E-state index in [0.717, 1.165) is 19.4 Å². The Morgan fingerprint density at radius 1 is 1.44 bits per heavy atom. The molecule has 84 valence electrons. The van der Waals surface area contributed by atoms with E-state index in [1.807, 2.05) is 18.7 Å². The average Bonchev–Trinajstić information content (AvgIpc) is 2.73. The molecule has 5 heteroatoms. The summed E-state index contributed by atoms with van der Waals surface area (Å²) in [5.74, 6) is 0. The lowest BCUT2D eigenvalue weighted by Gasteiger charge is -2.14. The molecule has 0 bridgehead atoms. The van der Waals surface area contributed by atoms with Gasteiger partial charge < -0.3 is 9.32 Å². The van der Waals surface area contributed by atoms with Crippen LogP contribution in [-0.4, -0.2) is 29.3 Å². The lowest BCUT2D eigenvalue weighted by molar-refractivity contribution is 0.112. The molecule has 0 unspecified atom stereocenters. The quantitative estimate of drug-likeness (QED) is 0.735. The number of fused-ring (bicyclic) bond motifs is 1. The van der Waals surface area contributed by atoms with Crippen molar-refractivity contribution in [2.75, 3.05) is 18.0 Å². The number of hydrogen-bond acceptors (Lipinski definition) is 5. The molecule has 0 N–H and O–H groups in total. The van der Waals surface area contributed by atoms with Crippen LogP contribution in [0.3, 0.4) is 0 Å². The third-order valence-corrected chi connectivity index (χ3v) is 2.47. The van der Waals surface area contributed by atoms with Crippen LogP contribution in [0.5, 0.6) is 0 Å². The highest BCUT2D eigenvalue weighted by atomic mass is 16.4. The molecule has 2 aromatic heterocycles. The zero-order chi connectivity index (χ0) is 11.5. The van der Waals surface area contributed by atoms with Gasteiger partial charge in [-0.3, -0.25) is 4.79 Å². The molecule has 0 aromatic carbocycles. The van der Waals surface area contributed by atoms with Crippen LogP contribution < -0.4 is 4.90 Å². The van der Waals surface area contributed by atoms with Crippen molar-refractivity contribution in [1.29, 1.82) is 0 Å². The van der Waals surface area contributed by atoms with E-state index >= 15 is 0 Å². The molecular weight excluding hydrogens is 206 g/mol. The topological polar surface area (TPSA) is 59.2 Å². The molecule has 0 aliphatic heterocycles. The first-order valence-electron chi connectivity index (χ1n) is 5.25. The Bertz CT molecular complexity index is 503. The van der Waals surface area contributed by atoms with Crippen molar-refractivity contribution in [3.8, 4) is 0 Å². The highest BCUT2D eigenvalue weighted by Gasteiger charge is 2.13. The number of hydrogen-bond donors (Lipinski definition) is 0. The lowest BCUT2D eigenvalue weighted by atomic mass is 10.3.